The molecule has 0 saturated heterocycles. The summed E-state index contributed by atoms with van der Waals surface area (Å²) < 4.78 is 40.3. The molecule has 2 aromatic rings. The molecular formula is C15H12ClF3O. The van der Waals surface area contributed by atoms with Crippen LogP contribution in [0.3, 0.4) is 0 Å². The van der Waals surface area contributed by atoms with Crippen LogP contribution >= 0.6 is 11.6 Å². The summed E-state index contributed by atoms with van der Waals surface area (Å²) in [6.45, 7) is 1.67. The lowest BCUT2D eigenvalue weighted by Gasteiger charge is -2.31. The molecule has 0 spiro atoms. The van der Waals surface area contributed by atoms with Crippen molar-refractivity contribution in [2.75, 3.05) is 0 Å². The Morgan fingerprint density at radius 1 is 0.950 bits per heavy atom. The first kappa shape index (κ1) is 14.9. The van der Waals surface area contributed by atoms with Crippen molar-refractivity contribution < 1.29 is 18.3 Å². The smallest absolute Gasteiger partial charge is 0.372 e. The van der Waals surface area contributed by atoms with Gasteiger partial charge >= 0.3 is 6.18 Å². The van der Waals surface area contributed by atoms with Gasteiger partial charge in [-0.25, -0.2) is 0 Å². The molecule has 1 nitrogen and oxygen atoms in total. The minimum absolute atomic E-state index is 0.215. The lowest BCUT2D eigenvalue weighted by atomic mass is 9.85. The van der Waals surface area contributed by atoms with Crippen LogP contribution in [-0.2, 0) is 5.60 Å². The number of alkyl halides is 3. The van der Waals surface area contributed by atoms with E-state index < -0.39 is 11.8 Å². The van der Waals surface area contributed by atoms with Crippen molar-refractivity contribution in [2.24, 2.45) is 0 Å². The zero-order chi connectivity index (χ0) is 15.0. The summed E-state index contributed by atoms with van der Waals surface area (Å²) in [5, 5.41) is 10.6. The average Bonchev–Trinajstić information content (AvgIpc) is 2.37. The van der Waals surface area contributed by atoms with Gasteiger partial charge in [-0.05, 0) is 30.2 Å². The fraction of sp³-hybridized carbons (Fsp3) is 0.200. The zero-order valence-corrected chi connectivity index (χ0v) is 11.3. The van der Waals surface area contributed by atoms with Crippen LogP contribution in [0.2, 0.25) is 5.02 Å². The molecule has 0 bridgehead atoms. The lowest BCUT2D eigenvalue weighted by molar-refractivity contribution is -0.248. The van der Waals surface area contributed by atoms with Crippen molar-refractivity contribution in [1.82, 2.24) is 0 Å². The molecule has 0 aliphatic heterocycles. The summed E-state index contributed by atoms with van der Waals surface area (Å²) in [5.74, 6) is 0. The Bertz CT molecular complexity index is 607. The van der Waals surface area contributed by atoms with Gasteiger partial charge in [0.05, 0.1) is 0 Å². The normalized spacial score (nSPS) is 14.9. The standard InChI is InChI=1S/C15H12ClF3O/c1-10-3-2-4-12(9-10)14(20,15(17,18)19)11-5-7-13(16)8-6-11/h2-9,20H,1H3. The Morgan fingerprint density at radius 2 is 1.55 bits per heavy atom. The third-order valence-electron chi connectivity index (χ3n) is 3.11. The first-order valence-electron chi connectivity index (χ1n) is 5.87. The molecule has 0 heterocycles. The summed E-state index contributed by atoms with van der Waals surface area (Å²) in [6.07, 6.45) is -4.84. The molecule has 0 saturated carbocycles. The van der Waals surface area contributed by atoms with E-state index in [0.717, 1.165) is 0 Å². The Balaban J connectivity index is 2.66. The Hall–Kier alpha value is -1.52. The Kier molecular flexibility index (Phi) is 3.80. The number of aryl methyl sites for hydroxylation is 1. The van der Waals surface area contributed by atoms with Gasteiger partial charge in [-0.3, -0.25) is 0 Å². The van der Waals surface area contributed by atoms with Crippen LogP contribution in [0.25, 0.3) is 0 Å². The molecule has 2 rings (SSSR count). The van der Waals surface area contributed by atoms with E-state index in [2.05, 4.69) is 0 Å². The molecule has 106 valence electrons. The maximum Gasteiger partial charge on any atom is 0.425 e. The van der Waals surface area contributed by atoms with Gasteiger partial charge < -0.3 is 5.11 Å². The van der Waals surface area contributed by atoms with E-state index in [1.165, 1.54) is 42.5 Å². The van der Waals surface area contributed by atoms with Crippen LogP contribution in [0.4, 0.5) is 13.2 Å². The molecule has 0 radical (unpaired) electrons. The highest BCUT2D eigenvalue weighted by Crippen LogP contribution is 2.44. The molecule has 1 atom stereocenters. The number of rotatable bonds is 2. The Labute approximate surface area is 119 Å². The summed E-state index contributed by atoms with van der Waals surface area (Å²) >= 11 is 5.68. The number of halogens is 4. The first-order chi connectivity index (χ1) is 9.25. The molecule has 0 aliphatic rings. The Morgan fingerprint density at radius 3 is 2.05 bits per heavy atom. The molecule has 1 unspecified atom stereocenters. The van der Waals surface area contributed by atoms with Crippen LogP contribution in [0.15, 0.2) is 48.5 Å². The van der Waals surface area contributed by atoms with Crippen LogP contribution in [0.1, 0.15) is 16.7 Å². The third kappa shape index (κ3) is 2.53. The number of benzene rings is 2. The topological polar surface area (TPSA) is 20.2 Å². The van der Waals surface area contributed by atoms with E-state index in [4.69, 9.17) is 11.6 Å². The second-order valence-corrected chi connectivity index (χ2v) is 5.02. The lowest BCUT2D eigenvalue weighted by Crippen LogP contribution is -2.43. The zero-order valence-electron chi connectivity index (χ0n) is 10.6. The molecule has 0 aromatic heterocycles. The van der Waals surface area contributed by atoms with Crippen molar-refractivity contribution in [1.29, 1.82) is 0 Å². The molecule has 1 N–H and O–H groups in total. The fourth-order valence-corrected chi connectivity index (χ4v) is 2.18. The van der Waals surface area contributed by atoms with Gasteiger partial charge in [-0.15, -0.1) is 0 Å². The van der Waals surface area contributed by atoms with E-state index in [9.17, 15) is 18.3 Å². The summed E-state index contributed by atoms with van der Waals surface area (Å²) in [7, 11) is 0. The second kappa shape index (κ2) is 5.11. The van der Waals surface area contributed by atoms with Crippen LogP contribution in [0.5, 0.6) is 0 Å². The third-order valence-corrected chi connectivity index (χ3v) is 3.36. The van der Waals surface area contributed by atoms with E-state index in [1.807, 2.05) is 0 Å². The van der Waals surface area contributed by atoms with Gasteiger partial charge in [0.1, 0.15) is 0 Å². The largest absolute Gasteiger partial charge is 0.425 e. The van der Waals surface area contributed by atoms with Crippen molar-refractivity contribution >= 4 is 11.6 Å². The molecule has 0 aliphatic carbocycles. The van der Waals surface area contributed by atoms with Gasteiger partial charge in [0, 0.05) is 5.02 Å². The average molecular weight is 301 g/mol. The van der Waals surface area contributed by atoms with E-state index in [1.54, 1.807) is 13.0 Å². The van der Waals surface area contributed by atoms with Crippen LogP contribution < -0.4 is 0 Å². The highest BCUT2D eigenvalue weighted by Gasteiger charge is 2.56. The maximum absolute atomic E-state index is 13.4. The van der Waals surface area contributed by atoms with Crippen molar-refractivity contribution in [3.05, 3.63) is 70.2 Å². The summed E-state index contributed by atoms with van der Waals surface area (Å²) in [4.78, 5) is 0. The predicted octanol–water partition coefficient (Wildman–Crippen LogP) is 4.45. The summed E-state index contributed by atoms with van der Waals surface area (Å²) in [5.41, 5.74) is -2.89. The van der Waals surface area contributed by atoms with E-state index >= 15 is 0 Å². The highest BCUT2D eigenvalue weighted by atomic mass is 35.5. The minimum Gasteiger partial charge on any atom is -0.372 e. The second-order valence-electron chi connectivity index (χ2n) is 4.58. The van der Waals surface area contributed by atoms with Gasteiger partial charge in [-0.1, -0.05) is 53.6 Å². The minimum atomic E-state index is -4.84. The highest BCUT2D eigenvalue weighted by molar-refractivity contribution is 6.30. The number of aliphatic hydroxyl groups is 1. The quantitative estimate of drug-likeness (QED) is 0.869. The monoisotopic (exact) mass is 300 g/mol. The molecule has 5 heteroatoms. The SMILES string of the molecule is Cc1cccc(C(O)(c2ccc(Cl)cc2)C(F)(F)F)c1. The van der Waals surface area contributed by atoms with Crippen molar-refractivity contribution in [3.8, 4) is 0 Å². The van der Waals surface area contributed by atoms with E-state index in [0.29, 0.717) is 10.6 Å². The van der Waals surface area contributed by atoms with Crippen molar-refractivity contribution in [2.45, 2.75) is 18.7 Å². The molecule has 0 fully saturated rings. The molecule has 0 amide bonds. The maximum atomic E-state index is 13.4. The van der Waals surface area contributed by atoms with Crippen LogP contribution in [-0.4, -0.2) is 11.3 Å². The predicted molar refractivity (Wildman–Crippen MR) is 71.7 cm³/mol. The van der Waals surface area contributed by atoms with Gasteiger partial charge in [0.2, 0.25) is 5.60 Å². The number of hydrogen-bond donors (Lipinski definition) is 1. The number of hydrogen-bond acceptors (Lipinski definition) is 1. The summed E-state index contributed by atoms with van der Waals surface area (Å²) in [6, 6.07) is 10.7. The van der Waals surface area contributed by atoms with Gasteiger partial charge in [0.15, 0.2) is 0 Å². The van der Waals surface area contributed by atoms with Crippen LogP contribution in [0, 0.1) is 6.92 Å². The molecule has 20 heavy (non-hydrogen) atoms. The van der Waals surface area contributed by atoms with Crippen molar-refractivity contribution in [3.63, 3.8) is 0 Å². The fourth-order valence-electron chi connectivity index (χ4n) is 2.06. The first-order valence-corrected chi connectivity index (χ1v) is 6.25. The molecular weight excluding hydrogens is 289 g/mol. The van der Waals surface area contributed by atoms with E-state index in [-0.39, 0.29) is 11.1 Å². The van der Waals surface area contributed by atoms with Gasteiger partial charge in [0.25, 0.3) is 0 Å². The molecule has 2 aromatic carbocycles. The van der Waals surface area contributed by atoms with Gasteiger partial charge in [-0.2, -0.15) is 13.2 Å².